The third-order valence-electron chi connectivity index (χ3n) is 5.82. The van der Waals surface area contributed by atoms with Gasteiger partial charge in [0.25, 0.3) is 5.56 Å². The lowest BCUT2D eigenvalue weighted by Crippen LogP contribution is -2.34. The van der Waals surface area contributed by atoms with Gasteiger partial charge >= 0.3 is 0 Å². The topological polar surface area (TPSA) is 105 Å². The highest BCUT2D eigenvalue weighted by Crippen LogP contribution is 2.18. The number of aromatic nitrogens is 4. The molecule has 3 aromatic heterocycles. The third-order valence-corrected chi connectivity index (χ3v) is 5.82. The summed E-state index contributed by atoms with van der Waals surface area (Å²) >= 11 is 0. The van der Waals surface area contributed by atoms with Crippen molar-refractivity contribution in [3.05, 3.63) is 112 Å². The Labute approximate surface area is 210 Å². The second kappa shape index (κ2) is 10.4. The molecule has 10 heteroatoms. The number of halogens is 2. The van der Waals surface area contributed by atoms with Crippen molar-refractivity contribution in [3.8, 4) is 11.3 Å². The van der Waals surface area contributed by atoms with Crippen molar-refractivity contribution in [2.24, 2.45) is 0 Å². The average Bonchev–Trinajstić information content (AvgIpc) is 3.33. The molecule has 3 N–H and O–H groups in total. The summed E-state index contributed by atoms with van der Waals surface area (Å²) in [6.07, 6.45) is 4.91. The van der Waals surface area contributed by atoms with E-state index in [-0.39, 0.29) is 31.4 Å². The van der Waals surface area contributed by atoms with Gasteiger partial charge in [0.1, 0.15) is 6.54 Å². The van der Waals surface area contributed by atoms with Crippen LogP contribution in [0, 0.1) is 11.6 Å². The summed E-state index contributed by atoms with van der Waals surface area (Å²) < 4.78 is 28.1. The number of carbonyl (C=O) groups excluding carboxylic acids is 1. The molecule has 186 valence electrons. The number of fused-ring (bicyclic) bond motifs is 1. The fraction of sp³-hybridized carbons (Fsp3) is 0.111. The lowest BCUT2D eigenvalue weighted by atomic mass is 10.1. The Hall–Kier alpha value is -4.86. The zero-order chi connectivity index (χ0) is 25.8. The molecule has 0 unspecified atom stereocenters. The number of anilines is 1. The highest BCUT2D eigenvalue weighted by Gasteiger charge is 2.15. The van der Waals surface area contributed by atoms with Gasteiger partial charge in [-0.05, 0) is 35.4 Å². The van der Waals surface area contributed by atoms with Gasteiger partial charge in [-0.3, -0.25) is 19.1 Å². The Morgan fingerprint density at radius 1 is 0.973 bits per heavy atom. The quantitative estimate of drug-likeness (QED) is 0.299. The van der Waals surface area contributed by atoms with E-state index in [0.29, 0.717) is 11.3 Å². The number of rotatable bonds is 8. The van der Waals surface area contributed by atoms with Crippen LogP contribution in [0.5, 0.6) is 0 Å². The van der Waals surface area contributed by atoms with Gasteiger partial charge in [0, 0.05) is 35.5 Å². The smallest absolute Gasteiger partial charge is 0.294 e. The molecule has 37 heavy (non-hydrogen) atoms. The minimum absolute atomic E-state index is 0.0136. The first-order valence-corrected chi connectivity index (χ1v) is 11.5. The van der Waals surface area contributed by atoms with Gasteiger partial charge in [0.15, 0.2) is 17.5 Å². The summed E-state index contributed by atoms with van der Waals surface area (Å²) in [6, 6.07) is 16.4. The first-order valence-electron chi connectivity index (χ1n) is 11.5. The maximum atomic E-state index is 13.6. The number of benzene rings is 2. The van der Waals surface area contributed by atoms with Crippen molar-refractivity contribution >= 4 is 22.6 Å². The van der Waals surface area contributed by atoms with Crippen LogP contribution in [0.15, 0.2) is 84.0 Å². The molecule has 1 amide bonds. The number of H-pyrrole nitrogens is 1. The lowest BCUT2D eigenvalue weighted by molar-refractivity contribution is -0.121. The molecule has 0 saturated heterocycles. The fourth-order valence-electron chi connectivity index (χ4n) is 3.96. The minimum Gasteiger partial charge on any atom is -0.361 e. The summed E-state index contributed by atoms with van der Waals surface area (Å²) in [5, 5.41) is 6.63. The van der Waals surface area contributed by atoms with E-state index < -0.39 is 17.2 Å². The van der Waals surface area contributed by atoms with Crippen molar-refractivity contribution in [3.63, 3.8) is 0 Å². The monoisotopic (exact) mass is 500 g/mol. The second-order valence-electron chi connectivity index (χ2n) is 8.39. The summed E-state index contributed by atoms with van der Waals surface area (Å²) in [5.41, 5.74) is 2.81. The Morgan fingerprint density at radius 3 is 2.59 bits per heavy atom. The molecule has 0 bridgehead atoms. The number of amides is 1. The number of pyridine rings is 1. The predicted molar refractivity (Wildman–Crippen MR) is 136 cm³/mol. The Kier molecular flexibility index (Phi) is 6.71. The van der Waals surface area contributed by atoms with Crippen molar-refractivity contribution < 1.29 is 13.6 Å². The molecule has 0 aliphatic heterocycles. The van der Waals surface area contributed by atoms with Crippen molar-refractivity contribution in [1.82, 2.24) is 24.8 Å². The molecule has 5 aromatic rings. The Morgan fingerprint density at radius 2 is 1.81 bits per heavy atom. The molecule has 0 aliphatic rings. The number of hydrogen-bond donors (Lipinski definition) is 3. The first kappa shape index (κ1) is 23.9. The fourth-order valence-corrected chi connectivity index (χ4v) is 3.96. The number of nitrogens with zero attached hydrogens (tertiary/aromatic N) is 3. The molecular formula is C27H22F2N6O2. The normalized spacial score (nSPS) is 11.0. The number of hydrogen-bond acceptors (Lipinski definition) is 5. The van der Waals surface area contributed by atoms with E-state index in [4.69, 9.17) is 0 Å². The summed E-state index contributed by atoms with van der Waals surface area (Å²) in [6.45, 7) is 0.0496. The van der Waals surface area contributed by atoms with E-state index >= 15 is 0 Å². The zero-order valence-corrected chi connectivity index (χ0v) is 19.5. The van der Waals surface area contributed by atoms with Crippen molar-refractivity contribution in [1.29, 1.82) is 0 Å². The van der Waals surface area contributed by atoms with Crippen LogP contribution in [0.25, 0.3) is 22.2 Å². The van der Waals surface area contributed by atoms with Crippen LogP contribution in [-0.2, 0) is 24.4 Å². The predicted octanol–water partition coefficient (Wildman–Crippen LogP) is 3.99. The maximum Gasteiger partial charge on any atom is 0.294 e. The molecule has 2 aromatic carbocycles. The molecule has 0 saturated carbocycles. The van der Waals surface area contributed by atoms with Crippen molar-refractivity contribution in [2.45, 2.75) is 19.6 Å². The van der Waals surface area contributed by atoms with E-state index in [1.807, 2.05) is 42.5 Å². The third kappa shape index (κ3) is 5.37. The summed E-state index contributed by atoms with van der Waals surface area (Å²) in [5.74, 6) is -2.31. The highest BCUT2D eigenvalue weighted by atomic mass is 19.2. The van der Waals surface area contributed by atoms with E-state index in [1.54, 1.807) is 12.4 Å². The van der Waals surface area contributed by atoms with Gasteiger partial charge in [-0.2, -0.15) is 0 Å². The number of nitrogens with one attached hydrogen (secondary N) is 3. The van der Waals surface area contributed by atoms with Crippen LogP contribution >= 0.6 is 0 Å². The lowest BCUT2D eigenvalue weighted by Gasteiger charge is -2.15. The molecule has 3 heterocycles. The standard InChI is InChI=1S/C27H22F2N6O2/c28-21-7-6-17(10-22(21)29)12-32-26-27(37)35(24(15-33-26)18-4-2-1-3-5-18)16-25(36)31-14-20-11-19-13-30-9-8-23(19)34-20/h1-11,13,15,34H,12,14,16H2,(H,31,36)(H,32,33). The van der Waals surface area contributed by atoms with E-state index in [0.717, 1.165) is 34.3 Å². The molecule has 0 atom stereocenters. The largest absolute Gasteiger partial charge is 0.361 e. The maximum absolute atomic E-state index is 13.6. The van der Waals surface area contributed by atoms with Crippen LogP contribution in [0.1, 0.15) is 11.3 Å². The van der Waals surface area contributed by atoms with E-state index in [1.165, 1.54) is 16.8 Å². The Balaban J connectivity index is 1.37. The summed E-state index contributed by atoms with van der Waals surface area (Å²) in [4.78, 5) is 37.8. The highest BCUT2D eigenvalue weighted by molar-refractivity contribution is 5.80. The van der Waals surface area contributed by atoms with Crippen LogP contribution in [-0.4, -0.2) is 25.4 Å². The minimum atomic E-state index is -0.980. The SMILES string of the molecule is O=C(Cn1c(-c2ccccc2)cnc(NCc2ccc(F)c(F)c2)c1=O)NCc1cc2cnccc2[nH]1. The van der Waals surface area contributed by atoms with Gasteiger partial charge in [0.2, 0.25) is 5.91 Å². The molecule has 0 aliphatic carbocycles. The van der Waals surface area contributed by atoms with Gasteiger partial charge in [-0.25, -0.2) is 13.8 Å². The number of carbonyl (C=O) groups is 1. The molecule has 8 nitrogen and oxygen atoms in total. The van der Waals surface area contributed by atoms with Crippen LogP contribution in [0.2, 0.25) is 0 Å². The summed E-state index contributed by atoms with van der Waals surface area (Å²) in [7, 11) is 0. The first-order chi connectivity index (χ1) is 18.0. The average molecular weight is 501 g/mol. The number of aromatic amines is 1. The molecule has 0 fully saturated rings. The van der Waals surface area contributed by atoms with E-state index in [2.05, 4.69) is 25.6 Å². The van der Waals surface area contributed by atoms with Crippen LogP contribution in [0.4, 0.5) is 14.6 Å². The molecule has 0 spiro atoms. The Bertz CT molecular complexity index is 1600. The zero-order valence-electron chi connectivity index (χ0n) is 19.5. The van der Waals surface area contributed by atoms with Gasteiger partial charge in [-0.15, -0.1) is 0 Å². The second-order valence-corrected chi connectivity index (χ2v) is 8.39. The molecular weight excluding hydrogens is 478 g/mol. The molecule has 0 radical (unpaired) electrons. The van der Waals surface area contributed by atoms with Gasteiger partial charge in [0.05, 0.1) is 18.4 Å². The van der Waals surface area contributed by atoms with Crippen LogP contribution < -0.4 is 16.2 Å². The van der Waals surface area contributed by atoms with Gasteiger partial charge < -0.3 is 15.6 Å². The van der Waals surface area contributed by atoms with E-state index in [9.17, 15) is 18.4 Å². The van der Waals surface area contributed by atoms with Gasteiger partial charge in [-0.1, -0.05) is 36.4 Å². The molecule has 5 rings (SSSR count). The van der Waals surface area contributed by atoms with Crippen LogP contribution in [0.3, 0.4) is 0 Å². The van der Waals surface area contributed by atoms with Crippen molar-refractivity contribution in [2.75, 3.05) is 5.32 Å².